The number of amides is 2. The Morgan fingerprint density at radius 3 is 2.39 bits per heavy atom. The maximum Gasteiger partial charge on any atom is 0.261 e. The minimum absolute atomic E-state index is 0.184. The van der Waals surface area contributed by atoms with Crippen LogP contribution in [0.3, 0.4) is 0 Å². The summed E-state index contributed by atoms with van der Waals surface area (Å²) in [5.41, 5.74) is 0.747. The first kappa shape index (κ1) is 25.3. The summed E-state index contributed by atoms with van der Waals surface area (Å²) < 4.78 is 5.63. The van der Waals surface area contributed by atoms with Crippen molar-refractivity contribution < 1.29 is 14.3 Å². The minimum Gasteiger partial charge on any atom is -0.482 e. The zero-order valence-corrected chi connectivity index (χ0v) is 20.1. The predicted molar refractivity (Wildman–Crippen MR) is 126 cm³/mol. The van der Waals surface area contributed by atoms with Gasteiger partial charge < -0.3 is 15.0 Å². The number of nitrogens with zero attached hydrogens (tertiary/aromatic N) is 1. The lowest BCUT2D eigenvalue weighted by Crippen LogP contribution is -2.50. The highest BCUT2D eigenvalue weighted by Crippen LogP contribution is 2.28. The van der Waals surface area contributed by atoms with Gasteiger partial charge in [0.1, 0.15) is 11.8 Å². The second kappa shape index (κ2) is 12.2. The molecular weight excluding hydrogens is 459 g/mol. The Hall–Kier alpha value is -1.95. The van der Waals surface area contributed by atoms with Gasteiger partial charge in [-0.2, -0.15) is 0 Å². The molecule has 0 fully saturated rings. The number of carbonyl (C=O) groups is 2. The van der Waals surface area contributed by atoms with E-state index in [9.17, 15) is 9.59 Å². The molecule has 1 atom stereocenters. The van der Waals surface area contributed by atoms with Gasteiger partial charge in [-0.25, -0.2) is 0 Å². The third-order valence-corrected chi connectivity index (χ3v) is 5.51. The van der Waals surface area contributed by atoms with Gasteiger partial charge in [-0.3, -0.25) is 9.59 Å². The molecule has 0 bridgehead atoms. The number of rotatable bonds is 10. The fraction of sp³-hybridized carbons (Fsp3) is 0.391. The molecule has 31 heavy (non-hydrogen) atoms. The van der Waals surface area contributed by atoms with E-state index in [2.05, 4.69) is 5.32 Å². The first-order valence-corrected chi connectivity index (χ1v) is 11.2. The van der Waals surface area contributed by atoms with Crippen molar-refractivity contribution in [3.8, 4) is 5.75 Å². The summed E-state index contributed by atoms with van der Waals surface area (Å²) in [6.07, 6.45) is 0.446. The first-order chi connectivity index (χ1) is 14.7. The number of benzene rings is 2. The Balaban J connectivity index is 2.23. The average Bonchev–Trinajstić information content (AvgIpc) is 2.72. The minimum atomic E-state index is -0.660. The van der Waals surface area contributed by atoms with E-state index in [0.29, 0.717) is 39.7 Å². The van der Waals surface area contributed by atoms with Crippen molar-refractivity contribution in [3.05, 3.63) is 63.1 Å². The molecule has 168 valence electrons. The van der Waals surface area contributed by atoms with E-state index in [0.717, 1.165) is 5.56 Å². The van der Waals surface area contributed by atoms with E-state index in [4.69, 9.17) is 39.5 Å². The van der Waals surface area contributed by atoms with Gasteiger partial charge in [-0.1, -0.05) is 73.8 Å². The number of hydrogen-bond donors (Lipinski definition) is 1. The molecule has 0 aliphatic carbocycles. The molecule has 0 spiro atoms. The smallest absolute Gasteiger partial charge is 0.261 e. The quantitative estimate of drug-likeness (QED) is 0.476. The lowest BCUT2D eigenvalue weighted by atomic mass is 10.1. The van der Waals surface area contributed by atoms with Crippen LogP contribution in [0, 0.1) is 5.92 Å². The fourth-order valence-electron chi connectivity index (χ4n) is 2.97. The summed E-state index contributed by atoms with van der Waals surface area (Å²) >= 11 is 18.4. The van der Waals surface area contributed by atoms with Crippen LogP contribution in [0.5, 0.6) is 5.75 Å². The molecule has 0 aliphatic heterocycles. The molecular formula is C23H27Cl3N2O3. The van der Waals surface area contributed by atoms with E-state index in [1.807, 2.05) is 39.0 Å². The second-order valence-corrected chi connectivity index (χ2v) is 8.79. The zero-order chi connectivity index (χ0) is 23.0. The van der Waals surface area contributed by atoms with Crippen molar-refractivity contribution in [3.63, 3.8) is 0 Å². The molecule has 2 rings (SSSR count). The van der Waals surface area contributed by atoms with Crippen LogP contribution in [0.1, 0.15) is 32.8 Å². The Morgan fingerprint density at radius 2 is 1.77 bits per heavy atom. The third-order valence-electron chi connectivity index (χ3n) is 4.61. The molecule has 0 radical (unpaired) electrons. The largest absolute Gasteiger partial charge is 0.482 e. The lowest BCUT2D eigenvalue weighted by molar-refractivity contribution is -0.143. The van der Waals surface area contributed by atoms with Crippen molar-refractivity contribution >= 4 is 46.6 Å². The molecule has 2 aromatic rings. The van der Waals surface area contributed by atoms with Gasteiger partial charge >= 0.3 is 0 Å². The molecule has 0 unspecified atom stereocenters. The van der Waals surface area contributed by atoms with E-state index >= 15 is 0 Å². The highest BCUT2D eigenvalue weighted by molar-refractivity contribution is 6.35. The summed E-state index contributed by atoms with van der Waals surface area (Å²) in [7, 11) is 0. The molecule has 2 aromatic carbocycles. The summed E-state index contributed by atoms with van der Waals surface area (Å²) in [6, 6.07) is 11.3. The van der Waals surface area contributed by atoms with Crippen molar-refractivity contribution in [1.29, 1.82) is 0 Å². The highest BCUT2D eigenvalue weighted by atomic mass is 35.5. The average molecular weight is 486 g/mol. The summed E-state index contributed by atoms with van der Waals surface area (Å²) in [5, 5.41) is 4.22. The Bertz CT molecular complexity index is 905. The number of halogens is 3. The van der Waals surface area contributed by atoms with E-state index in [1.165, 1.54) is 4.90 Å². The van der Waals surface area contributed by atoms with Gasteiger partial charge in [0, 0.05) is 23.1 Å². The SMILES string of the molecule is CC[C@@H](C(=O)NCC(C)C)N(Cc1ccccc1Cl)C(=O)COc1ccc(Cl)cc1Cl. The Labute approximate surface area is 198 Å². The zero-order valence-electron chi connectivity index (χ0n) is 17.8. The van der Waals surface area contributed by atoms with E-state index in [1.54, 1.807) is 24.3 Å². The maximum absolute atomic E-state index is 13.2. The van der Waals surface area contributed by atoms with Crippen LogP contribution in [0.2, 0.25) is 15.1 Å². The molecule has 0 saturated heterocycles. The van der Waals surface area contributed by atoms with Gasteiger partial charge in [0.15, 0.2) is 6.61 Å². The summed E-state index contributed by atoms with van der Waals surface area (Å²) in [4.78, 5) is 27.5. The van der Waals surface area contributed by atoms with Crippen molar-refractivity contribution in [2.75, 3.05) is 13.2 Å². The van der Waals surface area contributed by atoms with Crippen LogP contribution in [-0.2, 0) is 16.1 Å². The molecule has 0 aliphatic rings. The van der Waals surface area contributed by atoms with Crippen LogP contribution in [0.4, 0.5) is 0 Å². The predicted octanol–water partition coefficient (Wildman–Crippen LogP) is 5.61. The fourth-order valence-corrected chi connectivity index (χ4v) is 3.63. The normalized spacial score (nSPS) is 11.8. The maximum atomic E-state index is 13.2. The Kier molecular flexibility index (Phi) is 9.94. The van der Waals surface area contributed by atoms with Gasteiger partial charge in [0.05, 0.1) is 5.02 Å². The third kappa shape index (κ3) is 7.60. The standard InChI is InChI=1S/C23H27Cl3N2O3/c1-4-20(23(30)27-12-15(2)3)28(13-16-7-5-6-8-18(16)25)22(29)14-31-21-10-9-17(24)11-19(21)26/h5-11,15,20H,4,12-14H2,1-3H3,(H,27,30)/t20-/m0/s1. The van der Waals surface area contributed by atoms with Crippen LogP contribution in [0.15, 0.2) is 42.5 Å². The first-order valence-electron chi connectivity index (χ1n) is 10.1. The molecule has 0 saturated carbocycles. The van der Waals surface area contributed by atoms with Gasteiger partial charge in [0.25, 0.3) is 5.91 Å². The molecule has 8 heteroatoms. The molecule has 5 nitrogen and oxygen atoms in total. The topological polar surface area (TPSA) is 58.6 Å². The highest BCUT2D eigenvalue weighted by Gasteiger charge is 2.29. The van der Waals surface area contributed by atoms with Crippen LogP contribution < -0.4 is 10.1 Å². The summed E-state index contributed by atoms with van der Waals surface area (Å²) in [5.74, 6) is 0.0811. The monoisotopic (exact) mass is 484 g/mol. The number of ether oxygens (including phenoxy) is 1. The molecule has 0 heterocycles. The van der Waals surface area contributed by atoms with Crippen molar-refractivity contribution in [2.45, 2.75) is 39.8 Å². The van der Waals surface area contributed by atoms with Crippen LogP contribution in [0.25, 0.3) is 0 Å². The Morgan fingerprint density at radius 1 is 1.06 bits per heavy atom. The second-order valence-electron chi connectivity index (χ2n) is 7.54. The van der Waals surface area contributed by atoms with Gasteiger partial charge in [-0.05, 0) is 42.2 Å². The molecule has 2 amide bonds. The number of nitrogens with one attached hydrogen (secondary N) is 1. The van der Waals surface area contributed by atoms with E-state index < -0.39 is 6.04 Å². The van der Waals surface area contributed by atoms with E-state index in [-0.39, 0.29) is 25.0 Å². The summed E-state index contributed by atoms with van der Waals surface area (Å²) in [6.45, 7) is 6.32. The number of carbonyl (C=O) groups excluding carboxylic acids is 2. The van der Waals surface area contributed by atoms with Gasteiger partial charge in [0.2, 0.25) is 5.91 Å². The molecule has 1 N–H and O–H groups in total. The van der Waals surface area contributed by atoms with Crippen molar-refractivity contribution in [2.24, 2.45) is 5.92 Å². The molecule has 0 aromatic heterocycles. The number of hydrogen-bond acceptors (Lipinski definition) is 3. The lowest BCUT2D eigenvalue weighted by Gasteiger charge is -2.31. The van der Waals surface area contributed by atoms with Crippen LogP contribution >= 0.6 is 34.8 Å². The van der Waals surface area contributed by atoms with Crippen molar-refractivity contribution in [1.82, 2.24) is 10.2 Å². The van der Waals surface area contributed by atoms with Gasteiger partial charge in [-0.15, -0.1) is 0 Å². The van der Waals surface area contributed by atoms with Crippen LogP contribution in [-0.4, -0.2) is 35.9 Å².